The average Bonchev–Trinajstić information content (AvgIpc) is 1.86. The minimum Gasteiger partial charge on any atom is -0.273 e. The van der Waals surface area contributed by atoms with Gasteiger partial charge in [-0.1, -0.05) is 6.92 Å². The van der Waals surface area contributed by atoms with Crippen molar-refractivity contribution in [2.75, 3.05) is 0 Å². The molecule has 0 amide bonds. The maximum atomic E-state index is 3.75. The van der Waals surface area contributed by atoms with E-state index in [4.69, 9.17) is 0 Å². The lowest BCUT2D eigenvalue weighted by molar-refractivity contribution is 1.11. The summed E-state index contributed by atoms with van der Waals surface area (Å²) in [4.78, 5) is 3.75. The quantitative estimate of drug-likeness (QED) is 0.444. The molecule has 6 heavy (non-hydrogen) atoms. The Bertz CT molecular complexity index is 61.9. The lowest BCUT2D eigenvalue weighted by Gasteiger charge is -1.87. The number of rotatable bonds is 0. The van der Waals surface area contributed by atoms with Gasteiger partial charge in [0.2, 0.25) is 0 Å². The molecule has 0 bridgehead atoms. The lowest BCUT2D eigenvalue weighted by Crippen LogP contribution is -1.84. The molecule has 0 saturated carbocycles. The Balaban J connectivity index is 2.32. The number of nitrogens with zero attached hydrogens (tertiary/aromatic N) is 1. The van der Waals surface area contributed by atoms with Gasteiger partial charge >= 0.3 is 0 Å². The number of hydrogen-bond acceptors (Lipinski definition) is 2. The molecular weight excluding hydrogens is 94.1 g/mol. The van der Waals surface area contributed by atoms with E-state index in [9.17, 15) is 0 Å². The van der Waals surface area contributed by atoms with Crippen molar-refractivity contribution < 1.29 is 0 Å². The van der Waals surface area contributed by atoms with Gasteiger partial charge < -0.3 is 0 Å². The largest absolute Gasteiger partial charge is 0.273 e. The van der Waals surface area contributed by atoms with Crippen molar-refractivity contribution in [3.8, 4) is 0 Å². The van der Waals surface area contributed by atoms with Gasteiger partial charge in [-0.05, 0) is 0 Å². The van der Waals surface area contributed by atoms with E-state index < -0.39 is 0 Å². The van der Waals surface area contributed by atoms with Crippen LogP contribution >= 0.6 is 11.8 Å². The first-order valence-electron chi connectivity index (χ1n) is 1.82. The fourth-order valence-electron chi connectivity index (χ4n) is 0.288. The van der Waals surface area contributed by atoms with E-state index >= 15 is 0 Å². The van der Waals surface area contributed by atoms with Gasteiger partial charge in [-0.15, -0.1) is 11.8 Å². The van der Waals surface area contributed by atoms with Crippen LogP contribution in [-0.4, -0.2) is 10.8 Å². The summed E-state index contributed by atoms with van der Waals surface area (Å²) in [7, 11) is 0. The minimum atomic E-state index is 0.491. The van der Waals surface area contributed by atoms with Crippen LogP contribution in [0.5, 0.6) is 0 Å². The average molecular weight is 99.2 g/mol. The molecule has 0 aromatic rings. The van der Waals surface area contributed by atoms with Crippen molar-refractivity contribution in [1.82, 2.24) is 0 Å². The van der Waals surface area contributed by atoms with E-state index in [1.807, 2.05) is 5.55 Å². The highest BCUT2D eigenvalue weighted by Crippen LogP contribution is 2.16. The highest BCUT2D eigenvalue weighted by Gasteiger charge is 2.04. The fraction of sp³-hybridized carbons (Fsp3) is 0.500. The Kier molecular flexibility index (Phi) is 1.15. The Labute approximate surface area is 41.8 Å². The van der Waals surface area contributed by atoms with Gasteiger partial charge in [-0.3, -0.25) is 4.99 Å². The van der Waals surface area contributed by atoms with E-state index in [1.165, 1.54) is 0 Å². The predicted octanol–water partition coefficient (Wildman–Crippen LogP) is 1.19. The van der Waals surface area contributed by atoms with E-state index in [1.54, 1.807) is 11.8 Å². The van der Waals surface area contributed by atoms with Crippen LogP contribution in [0, 0.1) is 6.54 Å². The van der Waals surface area contributed by atoms with Crippen LogP contribution in [-0.2, 0) is 0 Å². The number of hydrogen-bond donors (Lipinski definition) is 0. The zero-order valence-electron chi connectivity index (χ0n) is 3.51. The van der Waals surface area contributed by atoms with Crippen LogP contribution in [0.25, 0.3) is 0 Å². The predicted molar refractivity (Wildman–Crippen MR) is 28.8 cm³/mol. The smallest absolute Gasteiger partial charge is 0.131 e. The molecule has 0 spiro atoms. The molecule has 1 aliphatic heterocycles. The Morgan fingerprint density at radius 3 is 3.00 bits per heavy atom. The third-order valence-electron chi connectivity index (χ3n) is 0.574. The van der Waals surface area contributed by atoms with Gasteiger partial charge in [-0.25, -0.2) is 0 Å². The summed E-state index contributed by atoms with van der Waals surface area (Å²) in [6.07, 6.45) is 0. The Morgan fingerprint density at radius 1 is 2.00 bits per heavy atom. The maximum absolute atomic E-state index is 3.75. The lowest BCUT2D eigenvalue weighted by atomic mass is 10.5. The second kappa shape index (κ2) is 1.65. The zero-order valence-corrected chi connectivity index (χ0v) is 4.33. The molecule has 1 heterocycles. The van der Waals surface area contributed by atoms with E-state index in [2.05, 4.69) is 18.5 Å². The standard InChI is InChI=1S/C4H5NS/c1-4-2-5-3-6-4/h3-4H,1H3. The molecule has 1 rings (SSSR count). The highest BCUT2D eigenvalue weighted by atomic mass is 32.2. The van der Waals surface area contributed by atoms with Gasteiger partial charge in [0.1, 0.15) is 6.54 Å². The van der Waals surface area contributed by atoms with E-state index in [0.717, 1.165) is 0 Å². The van der Waals surface area contributed by atoms with Gasteiger partial charge in [0.15, 0.2) is 0 Å². The van der Waals surface area contributed by atoms with Crippen molar-refractivity contribution >= 4 is 17.3 Å². The van der Waals surface area contributed by atoms with Crippen LogP contribution in [0.4, 0.5) is 0 Å². The summed E-state index contributed by atoms with van der Waals surface area (Å²) >= 11 is 1.69. The van der Waals surface area contributed by atoms with Gasteiger partial charge in [0.25, 0.3) is 0 Å². The third-order valence-corrected chi connectivity index (χ3v) is 1.31. The Morgan fingerprint density at radius 2 is 2.83 bits per heavy atom. The summed E-state index contributed by atoms with van der Waals surface area (Å²) in [5.41, 5.74) is 1.81. The van der Waals surface area contributed by atoms with Crippen LogP contribution < -0.4 is 0 Å². The summed E-state index contributed by atoms with van der Waals surface area (Å²) in [6.45, 7) is 4.92. The molecule has 0 aromatic carbocycles. The fourth-order valence-corrected chi connectivity index (χ4v) is 0.714. The molecule has 0 fully saturated rings. The number of thioether (sulfide) groups is 1. The minimum absolute atomic E-state index is 0.491. The summed E-state index contributed by atoms with van der Waals surface area (Å²) in [5.74, 6) is 0. The van der Waals surface area contributed by atoms with Crippen LogP contribution in [0.1, 0.15) is 6.92 Å². The SMILES string of the molecule is CC1[C]N=CS1. The molecule has 2 radical (unpaired) electrons. The molecule has 1 nitrogen and oxygen atoms in total. The molecule has 0 aromatic heterocycles. The summed E-state index contributed by atoms with van der Waals surface area (Å²) < 4.78 is 0. The molecule has 0 saturated heterocycles. The van der Waals surface area contributed by atoms with Gasteiger partial charge in [-0.2, -0.15) is 0 Å². The maximum Gasteiger partial charge on any atom is 0.131 e. The molecule has 32 valence electrons. The van der Waals surface area contributed by atoms with Gasteiger partial charge in [0, 0.05) is 5.25 Å². The van der Waals surface area contributed by atoms with Crippen molar-refractivity contribution in [2.45, 2.75) is 12.2 Å². The molecule has 1 atom stereocenters. The molecule has 2 heteroatoms. The first-order valence-corrected chi connectivity index (χ1v) is 2.76. The van der Waals surface area contributed by atoms with E-state index in [0.29, 0.717) is 5.25 Å². The van der Waals surface area contributed by atoms with Crippen molar-refractivity contribution in [2.24, 2.45) is 4.99 Å². The van der Waals surface area contributed by atoms with Crippen molar-refractivity contribution in [1.29, 1.82) is 0 Å². The topological polar surface area (TPSA) is 12.4 Å². The first-order chi connectivity index (χ1) is 2.89. The van der Waals surface area contributed by atoms with Crippen LogP contribution in [0.2, 0.25) is 0 Å². The molecule has 1 unspecified atom stereocenters. The van der Waals surface area contributed by atoms with Gasteiger partial charge in [0.05, 0.1) is 5.55 Å². The van der Waals surface area contributed by atoms with Crippen molar-refractivity contribution in [3.05, 3.63) is 6.54 Å². The normalized spacial score (nSPS) is 31.8. The monoisotopic (exact) mass is 99.0 g/mol. The van der Waals surface area contributed by atoms with Crippen molar-refractivity contribution in [3.63, 3.8) is 0 Å². The zero-order chi connectivity index (χ0) is 4.41. The summed E-state index contributed by atoms with van der Waals surface area (Å²) in [5, 5.41) is 0.491. The first kappa shape index (κ1) is 4.19. The van der Waals surface area contributed by atoms with Crippen LogP contribution in [0.15, 0.2) is 4.99 Å². The van der Waals surface area contributed by atoms with E-state index in [-0.39, 0.29) is 0 Å². The van der Waals surface area contributed by atoms with Crippen LogP contribution in [0.3, 0.4) is 0 Å². The molecule has 1 aliphatic rings. The third kappa shape index (κ3) is 0.744. The molecule has 0 aliphatic carbocycles. The Hall–Kier alpha value is 0.0200. The molecular formula is C4H5NS. The molecule has 0 N–H and O–H groups in total. The number of aliphatic imine (C=N–C) groups is 1. The highest BCUT2D eigenvalue weighted by molar-refractivity contribution is 8.13. The second-order valence-electron chi connectivity index (χ2n) is 1.14. The summed E-state index contributed by atoms with van der Waals surface area (Å²) in [6, 6.07) is 0. The second-order valence-corrected chi connectivity index (χ2v) is 2.33.